The van der Waals surface area contributed by atoms with Crippen molar-refractivity contribution in [2.75, 3.05) is 11.8 Å². The second-order valence-electron chi connectivity index (χ2n) is 6.53. The van der Waals surface area contributed by atoms with Gasteiger partial charge in [-0.05, 0) is 58.7 Å². The lowest BCUT2D eigenvalue weighted by atomic mass is 10.1. The highest BCUT2D eigenvalue weighted by Crippen LogP contribution is 2.29. The van der Waals surface area contributed by atoms with Crippen LogP contribution < -0.4 is 9.46 Å². The molecule has 0 bridgehead atoms. The van der Waals surface area contributed by atoms with Crippen LogP contribution in [-0.4, -0.2) is 24.9 Å². The summed E-state index contributed by atoms with van der Waals surface area (Å²) in [4.78, 5) is 4.79. The standard InChI is InChI=1S/C21H18BrN3O3S/c1-14-5-4-10-25-13-19(23-21(14)25)15-6-3-7-16(11-15)24-29(26,27)17-8-9-18(22)20(12-17)28-2/h3-13,24H,1-2H3. The Morgan fingerprint density at radius 3 is 2.69 bits per heavy atom. The van der Waals surface area contributed by atoms with E-state index in [1.807, 2.05) is 41.9 Å². The molecular formula is C21H18BrN3O3S. The maximum atomic E-state index is 12.8. The molecule has 4 rings (SSSR count). The zero-order valence-corrected chi connectivity index (χ0v) is 18.2. The Bertz CT molecular complexity index is 1320. The predicted molar refractivity (Wildman–Crippen MR) is 117 cm³/mol. The topological polar surface area (TPSA) is 72.7 Å². The molecule has 148 valence electrons. The van der Waals surface area contributed by atoms with Gasteiger partial charge in [0.2, 0.25) is 0 Å². The van der Waals surface area contributed by atoms with Crippen LogP contribution in [0.1, 0.15) is 5.56 Å². The summed E-state index contributed by atoms with van der Waals surface area (Å²) in [6.45, 7) is 2.00. The number of anilines is 1. The van der Waals surface area contributed by atoms with E-state index in [9.17, 15) is 8.42 Å². The number of methoxy groups -OCH3 is 1. The van der Waals surface area contributed by atoms with Crippen molar-refractivity contribution in [3.63, 3.8) is 0 Å². The molecule has 0 aliphatic heterocycles. The molecule has 0 aliphatic carbocycles. The summed E-state index contributed by atoms with van der Waals surface area (Å²) in [6.07, 6.45) is 3.86. The number of pyridine rings is 1. The quantitative estimate of drug-likeness (QED) is 0.450. The van der Waals surface area contributed by atoms with E-state index in [0.29, 0.717) is 15.9 Å². The third-order valence-corrected chi connectivity index (χ3v) is 6.56. The normalized spacial score (nSPS) is 11.6. The molecule has 1 N–H and O–H groups in total. The van der Waals surface area contributed by atoms with E-state index in [-0.39, 0.29) is 4.90 Å². The lowest BCUT2D eigenvalue weighted by molar-refractivity contribution is 0.411. The minimum absolute atomic E-state index is 0.117. The summed E-state index contributed by atoms with van der Waals surface area (Å²) in [7, 11) is -2.28. The number of ether oxygens (including phenoxy) is 1. The summed E-state index contributed by atoms with van der Waals surface area (Å²) in [6, 6.07) is 15.8. The molecule has 6 nitrogen and oxygen atoms in total. The molecule has 4 aromatic rings. The molecule has 0 radical (unpaired) electrons. The van der Waals surface area contributed by atoms with Crippen molar-refractivity contribution in [1.82, 2.24) is 9.38 Å². The van der Waals surface area contributed by atoms with Crippen LogP contribution in [0.25, 0.3) is 16.9 Å². The largest absolute Gasteiger partial charge is 0.496 e. The Morgan fingerprint density at radius 1 is 1.10 bits per heavy atom. The number of imidazole rings is 1. The molecule has 29 heavy (non-hydrogen) atoms. The first-order valence-corrected chi connectivity index (χ1v) is 11.1. The number of fused-ring (bicyclic) bond motifs is 1. The second-order valence-corrected chi connectivity index (χ2v) is 9.07. The zero-order chi connectivity index (χ0) is 20.6. The lowest BCUT2D eigenvalue weighted by Crippen LogP contribution is -2.13. The Labute approximate surface area is 177 Å². The van der Waals surface area contributed by atoms with Gasteiger partial charge in [-0.3, -0.25) is 4.72 Å². The smallest absolute Gasteiger partial charge is 0.262 e. The molecule has 0 amide bonds. The molecule has 0 fully saturated rings. The van der Waals surface area contributed by atoms with Crippen molar-refractivity contribution in [1.29, 1.82) is 0 Å². The minimum atomic E-state index is -3.77. The Kier molecular flexibility index (Phi) is 5.06. The Morgan fingerprint density at radius 2 is 1.93 bits per heavy atom. The first kappa shape index (κ1) is 19.5. The predicted octanol–water partition coefficient (Wildman–Crippen LogP) is 4.88. The summed E-state index contributed by atoms with van der Waals surface area (Å²) in [5, 5.41) is 0. The summed E-state index contributed by atoms with van der Waals surface area (Å²) in [5.74, 6) is 0.446. The van der Waals surface area contributed by atoms with Crippen molar-refractivity contribution in [3.8, 4) is 17.0 Å². The highest BCUT2D eigenvalue weighted by atomic mass is 79.9. The third-order valence-electron chi connectivity index (χ3n) is 4.52. The third kappa shape index (κ3) is 3.86. The number of aryl methyl sites for hydroxylation is 1. The van der Waals surface area contributed by atoms with Crippen LogP contribution in [0.4, 0.5) is 5.69 Å². The van der Waals surface area contributed by atoms with Gasteiger partial charge in [0.05, 0.1) is 22.2 Å². The average Bonchev–Trinajstić information content (AvgIpc) is 3.14. The van der Waals surface area contributed by atoms with Gasteiger partial charge in [-0.1, -0.05) is 18.2 Å². The highest BCUT2D eigenvalue weighted by Gasteiger charge is 2.17. The fraction of sp³-hybridized carbons (Fsp3) is 0.0952. The van der Waals surface area contributed by atoms with E-state index in [4.69, 9.17) is 4.74 Å². The monoisotopic (exact) mass is 471 g/mol. The van der Waals surface area contributed by atoms with Crippen molar-refractivity contribution >= 4 is 37.3 Å². The van der Waals surface area contributed by atoms with Gasteiger partial charge in [0.1, 0.15) is 11.4 Å². The molecule has 2 aromatic heterocycles. The molecule has 0 spiro atoms. The first-order valence-electron chi connectivity index (χ1n) is 8.78. The maximum Gasteiger partial charge on any atom is 0.262 e. The van der Waals surface area contributed by atoms with Crippen molar-refractivity contribution in [3.05, 3.63) is 77.0 Å². The van der Waals surface area contributed by atoms with Gasteiger partial charge in [0.25, 0.3) is 10.0 Å². The molecular weight excluding hydrogens is 454 g/mol. The van der Waals surface area contributed by atoms with Crippen LogP contribution in [0, 0.1) is 6.92 Å². The molecule has 0 saturated heterocycles. The number of nitrogens with one attached hydrogen (secondary N) is 1. The van der Waals surface area contributed by atoms with Crippen LogP contribution >= 0.6 is 15.9 Å². The summed E-state index contributed by atoms with van der Waals surface area (Å²) in [5.41, 5.74) is 3.99. The maximum absolute atomic E-state index is 12.8. The highest BCUT2D eigenvalue weighted by molar-refractivity contribution is 9.10. The molecule has 0 saturated carbocycles. The fourth-order valence-corrected chi connectivity index (χ4v) is 4.53. The van der Waals surface area contributed by atoms with E-state index in [1.54, 1.807) is 24.3 Å². The van der Waals surface area contributed by atoms with Crippen molar-refractivity contribution < 1.29 is 13.2 Å². The fourth-order valence-electron chi connectivity index (χ4n) is 3.06. The number of hydrogen-bond acceptors (Lipinski definition) is 4. The molecule has 8 heteroatoms. The zero-order valence-electron chi connectivity index (χ0n) is 15.8. The number of benzene rings is 2. The summed E-state index contributed by atoms with van der Waals surface area (Å²) >= 11 is 3.33. The molecule has 0 atom stereocenters. The lowest BCUT2D eigenvalue weighted by Gasteiger charge is -2.11. The van der Waals surface area contributed by atoms with Gasteiger partial charge >= 0.3 is 0 Å². The van der Waals surface area contributed by atoms with Gasteiger partial charge in [-0.25, -0.2) is 13.4 Å². The van der Waals surface area contributed by atoms with E-state index in [2.05, 4.69) is 25.6 Å². The summed E-state index contributed by atoms with van der Waals surface area (Å²) < 4.78 is 36.1. The number of rotatable bonds is 5. The van der Waals surface area contributed by atoms with Crippen LogP contribution in [-0.2, 0) is 10.0 Å². The Balaban J connectivity index is 1.67. The van der Waals surface area contributed by atoms with Crippen LogP contribution in [0.2, 0.25) is 0 Å². The molecule has 0 aliphatic rings. The van der Waals surface area contributed by atoms with Gasteiger partial charge in [-0.15, -0.1) is 0 Å². The van der Waals surface area contributed by atoms with Crippen molar-refractivity contribution in [2.45, 2.75) is 11.8 Å². The minimum Gasteiger partial charge on any atom is -0.496 e. The van der Waals surface area contributed by atoms with Crippen molar-refractivity contribution in [2.24, 2.45) is 0 Å². The van der Waals surface area contributed by atoms with E-state index >= 15 is 0 Å². The van der Waals surface area contributed by atoms with E-state index in [0.717, 1.165) is 22.5 Å². The van der Waals surface area contributed by atoms with Gasteiger partial charge in [-0.2, -0.15) is 0 Å². The SMILES string of the molecule is COc1cc(S(=O)(=O)Nc2cccc(-c3cn4cccc(C)c4n3)c2)ccc1Br. The van der Waals surface area contributed by atoms with E-state index in [1.165, 1.54) is 19.2 Å². The number of aromatic nitrogens is 2. The molecule has 0 unspecified atom stereocenters. The second kappa shape index (κ2) is 7.53. The average molecular weight is 472 g/mol. The number of sulfonamides is 1. The number of nitrogens with zero attached hydrogens (tertiary/aromatic N) is 2. The molecule has 2 aromatic carbocycles. The van der Waals surface area contributed by atoms with E-state index < -0.39 is 10.0 Å². The van der Waals surface area contributed by atoms with Crippen LogP contribution in [0.3, 0.4) is 0 Å². The van der Waals surface area contributed by atoms with Crippen LogP contribution in [0.15, 0.2) is 76.4 Å². The molecule has 2 heterocycles. The number of halogens is 1. The van der Waals surface area contributed by atoms with Crippen LogP contribution in [0.5, 0.6) is 5.75 Å². The van der Waals surface area contributed by atoms with Gasteiger partial charge < -0.3 is 9.14 Å². The number of hydrogen-bond donors (Lipinski definition) is 1. The van der Waals surface area contributed by atoms with Gasteiger partial charge in [0, 0.05) is 29.7 Å². The first-order chi connectivity index (χ1) is 13.9. The van der Waals surface area contributed by atoms with Gasteiger partial charge in [0.15, 0.2) is 0 Å². The Hall–Kier alpha value is -2.84.